The molecule has 1 aliphatic rings. The Labute approximate surface area is 61.3 Å². The van der Waals surface area contributed by atoms with Crippen molar-refractivity contribution in [3.63, 3.8) is 0 Å². The molecule has 0 aromatic rings. The molecule has 1 atom stereocenters. The molecule has 1 fully saturated rings. The van der Waals surface area contributed by atoms with Crippen LogP contribution < -0.4 is 0 Å². The molecule has 0 N–H and O–H groups in total. The normalized spacial score (nSPS) is 22.0. The second kappa shape index (κ2) is 3.43. The fraction of sp³-hybridized carbons (Fsp3) is 1.00. The fourth-order valence-corrected chi connectivity index (χ4v) is 0.893. The largest absolute Gasteiger partial charge is 0.363 e. The second-order valence-electron chi connectivity index (χ2n) is 2.65. The van der Waals surface area contributed by atoms with Gasteiger partial charge in [0.1, 0.15) is 5.56 Å². The van der Waals surface area contributed by atoms with Gasteiger partial charge in [0.05, 0.1) is 0 Å². The minimum atomic E-state index is -0.108. The van der Waals surface area contributed by atoms with Crippen molar-refractivity contribution in [2.24, 2.45) is 5.92 Å². The van der Waals surface area contributed by atoms with Crippen LogP contribution in [-0.2, 0) is 4.74 Å². The lowest BCUT2D eigenvalue weighted by Crippen LogP contribution is -2.01. The summed E-state index contributed by atoms with van der Waals surface area (Å²) in [7, 11) is 0. The summed E-state index contributed by atoms with van der Waals surface area (Å²) in [4.78, 5) is 0. The van der Waals surface area contributed by atoms with E-state index < -0.39 is 0 Å². The summed E-state index contributed by atoms with van der Waals surface area (Å²) in [6, 6.07) is 0. The summed E-state index contributed by atoms with van der Waals surface area (Å²) in [5, 5.41) is 0. The summed E-state index contributed by atoms with van der Waals surface area (Å²) < 4.78 is 5.16. The van der Waals surface area contributed by atoms with Crippen LogP contribution in [0.25, 0.3) is 0 Å². The van der Waals surface area contributed by atoms with Crippen molar-refractivity contribution in [2.75, 3.05) is 6.61 Å². The van der Waals surface area contributed by atoms with Gasteiger partial charge in [0.2, 0.25) is 0 Å². The minimum absolute atomic E-state index is 0.108. The minimum Gasteiger partial charge on any atom is -0.363 e. The Balaban J connectivity index is 1.81. The molecular weight excluding hydrogens is 136 g/mol. The number of rotatable bonds is 4. The highest BCUT2D eigenvalue weighted by Crippen LogP contribution is 2.32. The molecule has 0 radical (unpaired) electrons. The van der Waals surface area contributed by atoms with E-state index in [1.807, 2.05) is 6.92 Å². The molecule has 1 saturated carbocycles. The molecule has 0 aliphatic heterocycles. The van der Waals surface area contributed by atoms with E-state index in [2.05, 4.69) is 0 Å². The molecule has 1 rings (SSSR count). The van der Waals surface area contributed by atoms with E-state index in [-0.39, 0.29) is 5.56 Å². The molecule has 54 valence electrons. The van der Waals surface area contributed by atoms with E-state index in [1.54, 1.807) is 0 Å². The molecule has 0 heterocycles. The van der Waals surface area contributed by atoms with Gasteiger partial charge in [-0.2, -0.15) is 0 Å². The molecule has 1 aliphatic carbocycles. The Bertz CT molecular complexity index is 77.0. The van der Waals surface area contributed by atoms with Gasteiger partial charge in [-0.1, -0.05) is 24.4 Å². The van der Waals surface area contributed by atoms with Crippen LogP contribution >= 0.6 is 11.6 Å². The Hall–Kier alpha value is 0.250. The third kappa shape index (κ3) is 3.77. The molecule has 1 nitrogen and oxygen atoms in total. The lowest BCUT2D eigenvalue weighted by atomic mass is 10.3. The third-order valence-corrected chi connectivity index (χ3v) is 1.70. The molecule has 0 spiro atoms. The monoisotopic (exact) mass is 148 g/mol. The number of alkyl halides is 1. The van der Waals surface area contributed by atoms with Gasteiger partial charge in [-0.15, -0.1) is 0 Å². The lowest BCUT2D eigenvalue weighted by molar-refractivity contribution is 0.113. The Morgan fingerprint density at radius 3 is 2.78 bits per heavy atom. The van der Waals surface area contributed by atoms with Crippen molar-refractivity contribution >= 4 is 11.6 Å². The first kappa shape index (κ1) is 7.36. The maximum atomic E-state index is 5.56. The van der Waals surface area contributed by atoms with E-state index in [4.69, 9.17) is 16.3 Å². The van der Waals surface area contributed by atoms with Gasteiger partial charge < -0.3 is 4.74 Å². The van der Waals surface area contributed by atoms with Crippen molar-refractivity contribution in [1.29, 1.82) is 0 Å². The van der Waals surface area contributed by atoms with Crippen LogP contribution in [0.1, 0.15) is 26.2 Å². The van der Waals surface area contributed by atoms with Crippen molar-refractivity contribution in [2.45, 2.75) is 31.7 Å². The molecule has 0 saturated heterocycles. The molecule has 0 aromatic heterocycles. The number of ether oxygens (including phenoxy) is 1. The smallest absolute Gasteiger partial charge is 0.128 e. The van der Waals surface area contributed by atoms with E-state index in [0.717, 1.165) is 12.5 Å². The Morgan fingerprint density at radius 1 is 1.67 bits per heavy atom. The zero-order valence-electron chi connectivity index (χ0n) is 5.77. The van der Waals surface area contributed by atoms with Crippen LogP contribution in [0.2, 0.25) is 0 Å². The van der Waals surface area contributed by atoms with Gasteiger partial charge in [0.15, 0.2) is 0 Å². The first-order valence-electron chi connectivity index (χ1n) is 3.54. The van der Waals surface area contributed by atoms with Crippen LogP contribution in [-0.4, -0.2) is 12.2 Å². The van der Waals surface area contributed by atoms with Crippen LogP contribution in [0.15, 0.2) is 0 Å². The first-order valence-corrected chi connectivity index (χ1v) is 3.98. The van der Waals surface area contributed by atoms with Gasteiger partial charge in [0.25, 0.3) is 0 Å². The lowest BCUT2D eigenvalue weighted by Gasteiger charge is -2.03. The fourth-order valence-electron chi connectivity index (χ4n) is 0.804. The van der Waals surface area contributed by atoms with Crippen molar-refractivity contribution in [3.05, 3.63) is 0 Å². The van der Waals surface area contributed by atoms with Crippen LogP contribution in [0, 0.1) is 5.92 Å². The van der Waals surface area contributed by atoms with Gasteiger partial charge in [0, 0.05) is 6.61 Å². The predicted molar refractivity (Wildman–Crippen MR) is 38.6 cm³/mol. The van der Waals surface area contributed by atoms with Gasteiger partial charge >= 0.3 is 0 Å². The standard InChI is InChI=1S/C7H13ClO/c1-6(8)9-5-4-7-2-3-7/h6-7H,2-5H2,1H3. The highest BCUT2D eigenvalue weighted by molar-refractivity contribution is 6.19. The SMILES string of the molecule is CC(Cl)OCCC1CC1. The topological polar surface area (TPSA) is 9.23 Å². The number of hydrogen-bond acceptors (Lipinski definition) is 1. The van der Waals surface area contributed by atoms with Gasteiger partial charge in [-0.25, -0.2) is 0 Å². The molecule has 0 amide bonds. The average Bonchev–Trinajstić information content (AvgIpc) is 2.48. The molecular formula is C7H13ClO. The Morgan fingerprint density at radius 2 is 2.33 bits per heavy atom. The molecule has 0 aromatic carbocycles. The Kier molecular flexibility index (Phi) is 2.80. The first-order chi connectivity index (χ1) is 4.29. The van der Waals surface area contributed by atoms with E-state index in [0.29, 0.717) is 0 Å². The van der Waals surface area contributed by atoms with Gasteiger partial charge in [-0.05, 0) is 19.3 Å². The average molecular weight is 149 g/mol. The molecule has 0 bridgehead atoms. The molecule has 9 heavy (non-hydrogen) atoms. The zero-order valence-corrected chi connectivity index (χ0v) is 6.53. The number of halogens is 1. The quantitative estimate of drug-likeness (QED) is 0.557. The number of hydrogen-bond donors (Lipinski definition) is 0. The summed E-state index contributed by atoms with van der Waals surface area (Å²) in [5.74, 6) is 0.959. The molecule has 1 unspecified atom stereocenters. The van der Waals surface area contributed by atoms with E-state index >= 15 is 0 Å². The highest BCUT2D eigenvalue weighted by Gasteiger charge is 2.20. The van der Waals surface area contributed by atoms with Crippen molar-refractivity contribution < 1.29 is 4.74 Å². The highest BCUT2D eigenvalue weighted by atomic mass is 35.5. The van der Waals surface area contributed by atoms with E-state index in [9.17, 15) is 0 Å². The summed E-state index contributed by atoms with van der Waals surface area (Å²) in [6.45, 7) is 2.70. The predicted octanol–water partition coefficient (Wildman–Crippen LogP) is 2.39. The maximum absolute atomic E-state index is 5.56. The van der Waals surface area contributed by atoms with Crippen LogP contribution in [0.5, 0.6) is 0 Å². The zero-order chi connectivity index (χ0) is 6.69. The summed E-state index contributed by atoms with van der Waals surface area (Å²) >= 11 is 5.56. The van der Waals surface area contributed by atoms with Gasteiger partial charge in [-0.3, -0.25) is 0 Å². The van der Waals surface area contributed by atoms with Crippen molar-refractivity contribution in [3.8, 4) is 0 Å². The van der Waals surface area contributed by atoms with Crippen LogP contribution in [0.3, 0.4) is 0 Å². The maximum Gasteiger partial charge on any atom is 0.128 e. The van der Waals surface area contributed by atoms with Crippen molar-refractivity contribution in [1.82, 2.24) is 0 Å². The summed E-state index contributed by atoms with van der Waals surface area (Å²) in [6.07, 6.45) is 4.01. The van der Waals surface area contributed by atoms with Crippen LogP contribution in [0.4, 0.5) is 0 Å². The summed E-state index contributed by atoms with van der Waals surface area (Å²) in [5.41, 5.74) is -0.108. The molecule has 2 heteroatoms. The van der Waals surface area contributed by atoms with E-state index in [1.165, 1.54) is 19.3 Å². The second-order valence-corrected chi connectivity index (χ2v) is 3.26. The third-order valence-electron chi connectivity index (χ3n) is 1.57.